The lowest BCUT2D eigenvalue weighted by Crippen LogP contribution is -2.29. The molecule has 0 saturated heterocycles. The van der Waals surface area contributed by atoms with Crippen molar-refractivity contribution in [1.29, 1.82) is 0 Å². The maximum atomic E-state index is 12.2. The largest absolute Gasteiger partial charge is 0.481 e. The van der Waals surface area contributed by atoms with Crippen molar-refractivity contribution in [3.05, 3.63) is 5.82 Å². The number of hydrogen-bond donors (Lipinski definition) is 2. The maximum Gasteiger partial charge on any atom is 0.307 e. The molecule has 6 nitrogen and oxygen atoms in total. The molecule has 7 heteroatoms. The molecule has 0 bridgehead atoms. The molecule has 1 amide bonds. The van der Waals surface area contributed by atoms with E-state index in [0.717, 1.165) is 18.0 Å². The van der Waals surface area contributed by atoms with E-state index in [1.165, 1.54) is 0 Å². The zero-order valence-corrected chi connectivity index (χ0v) is 11.7. The standard InChI is InChI=1S/C12H17N3O3S/c1-3-7-4-8(9(5-7)11(17)18)10(16)14-12-13-6(2)15-19-12/h7-9H,3-5H2,1-2H3,(H,17,18)(H,13,14,15,16). The van der Waals surface area contributed by atoms with E-state index >= 15 is 0 Å². The fourth-order valence-corrected chi connectivity index (χ4v) is 3.16. The summed E-state index contributed by atoms with van der Waals surface area (Å²) in [5, 5.41) is 12.3. The first-order valence-electron chi connectivity index (χ1n) is 6.35. The Labute approximate surface area is 115 Å². The molecule has 2 rings (SSSR count). The van der Waals surface area contributed by atoms with Crippen LogP contribution in [-0.4, -0.2) is 26.3 Å². The number of carboxylic acids is 1. The average molecular weight is 283 g/mol. The van der Waals surface area contributed by atoms with Gasteiger partial charge in [0.1, 0.15) is 5.82 Å². The topological polar surface area (TPSA) is 92.2 Å². The van der Waals surface area contributed by atoms with Crippen LogP contribution in [0, 0.1) is 24.7 Å². The number of aliphatic carboxylic acids is 1. The van der Waals surface area contributed by atoms with Gasteiger partial charge < -0.3 is 10.4 Å². The minimum atomic E-state index is -0.885. The minimum Gasteiger partial charge on any atom is -0.481 e. The van der Waals surface area contributed by atoms with Gasteiger partial charge in [0.15, 0.2) is 0 Å². The van der Waals surface area contributed by atoms with Crippen molar-refractivity contribution < 1.29 is 14.7 Å². The molecule has 1 fully saturated rings. The van der Waals surface area contributed by atoms with E-state index < -0.39 is 17.8 Å². The smallest absolute Gasteiger partial charge is 0.307 e. The van der Waals surface area contributed by atoms with Crippen molar-refractivity contribution in [2.45, 2.75) is 33.1 Å². The van der Waals surface area contributed by atoms with Gasteiger partial charge in [0.05, 0.1) is 11.8 Å². The van der Waals surface area contributed by atoms with Crippen LogP contribution in [0.4, 0.5) is 5.13 Å². The van der Waals surface area contributed by atoms with Gasteiger partial charge in [-0.1, -0.05) is 13.3 Å². The Morgan fingerprint density at radius 3 is 2.63 bits per heavy atom. The van der Waals surface area contributed by atoms with E-state index in [4.69, 9.17) is 0 Å². The van der Waals surface area contributed by atoms with Gasteiger partial charge in [-0.05, 0) is 25.7 Å². The Bertz CT molecular complexity index is 488. The highest BCUT2D eigenvalue weighted by Crippen LogP contribution is 2.39. The molecule has 0 aromatic carbocycles. The predicted molar refractivity (Wildman–Crippen MR) is 70.9 cm³/mol. The molecule has 1 aliphatic rings. The molecule has 1 aromatic heterocycles. The summed E-state index contributed by atoms with van der Waals surface area (Å²) >= 11 is 1.11. The lowest BCUT2D eigenvalue weighted by Gasteiger charge is -2.13. The summed E-state index contributed by atoms with van der Waals surface area (Å²) in [7, 11) is 0. The Morgan fingerprint density at radius 2 is 2.11 bits per heavy atom. The minimum absolute atomic E-state index is 0.250. The quantitative estimate of drug-likeness (QED) is 0.880. The summed E-state index contributed by atoms with van der Waals surface area (Å²) in [4.78, 5) is 27.5. The van der Waals surface area contributed by atoms with Gasteiger partial charge in [-0.15, -0.1) is 0 Å². The second-order valence-corrected chi connectivity index (χ2v) is 5.68. The number of anilines is 1. The molecule has 1 aromatic rings. The number of aryl methyl sites for hydroxylation is 1. The number of carbonyl (C=O) groups excluding carboxylic acids is 1. The van der Waals surface area contributed by atoms with Crippen molar-refractivity contribution in [2.24, 2.45) is 17.8 Å². The van der Waals surface area contributed by atoms with E-state index in [0.29, 0.717) is 29.7 Å². The Kier molecular flexibility index (Phi) is 4.14. The molecule has 104 valence electrons. The Morgan fingerprint density at radius 1 is 1.42 bits per heavy atom. The number of aromatic nitrogens is 2. The highest BCUT2D eigenvalue weighted by molar-refractivity contribution is 7.09. The van der Waals surface area contributed by atoms with Gasteiger partial charge in [-0.2, -0.15) is 4.37 Å². The Hall–Kier alpha value is -1.50. The fraction of sp³-hybridized carbons (Fsp3) is 0.667. The van der Waals surface area contributed by atoms with Gasteiger partial charge >= 0.3 is 5.97 Å². The number of amides is 1. The molecule has 1 aliphatic carbocycles. The molecular weight excluding hydrogens is 266 g/mol. The lowest BCUT2D eigenvalue weighted by molar-refractivity contribution is -0.145. The third-order valence-electron chi connectivity index (χ3n) is 3.65. The molecule has 3 unspecified atom stereocenters. The zero-order valence-electron chi connectivity index (χ0n) is 10.9. The van der Waals surface area contributed by atoms with E-state index in [1.54, 1.807) is 6.92 Å². The highest BCUT2D eigenvalue weighted by Gasteiger charge is 2.42. The number of carboxylic acid groups (broad SMARTS) is 1. The highest BCUT2D eigenvalue weighted by atomic mass is 32.1. The summed E-state index contributed by atoms with van der Waals surface area (Å²) in [5.41, 5.74) is 0. The molecule has 0 spiro atoms. The van der Waals surface area contributed by atoms with Crippen LogP contribution in [0.3, 0.4) is 0 Å². The first-order valence-corrected chi connectivity index (χ1v) is 7.12. The van der Waals surface area contributed by atoms with Gasteiger partial charge in [0.2, 0.25) is 11.0 Å². The second kappa shape index (κ2) is 5.64. The first-order chi connectivity index (χ1) is 9.01. The van der Waals surface area contributed by atoms with E-state index in [-0.39, 0.29) is 5.91 Å². The van der Waals surface area contributed by atoms with Crippen LogP contribution in [0.2, 0.25) is 0 Å². The van der Waals surface area contributed by atoms with Crippen molar-refractivity contribution in [1.82, 2.24) is 9.36 Å². The van der Waals surface area contributed by atoms with Crippen LogP contribution < -0.4 is 5.32 Å². The monoisotopic (exact) mass is 283 g/mol. The van der Waals surface area contributed by atoms with E-state index in [9.17, 15) is 14.7 Å². The molecule has 0 radical (unpaired) electrons. The summed E-state index contributed by atoms with van der Waals surface area (Å²) in [6, 6.07) is 0. The summed E-state index contributed by atoms with van der Waals surface area (Å²) in [5.74, 6) is -1.27. The third-order valence-corrected chi connectivity index (χ3v) is 4.37. The maximum absolute atomic E-state index is 12.2. The van der Waals surface area contributed by atoms with Crippen molar-refractivity contribution >= 4 is 28.5 Å². The first kappa shape index (κ1) is 13.9. The summed E-state index contributed by atoms with van der Waals surface area (Å²) < 4.78 is 3.98. The van der Waals surface area contributed by atoms with Gasteiger partial charge in [-0.25, -0.2) is 4.98 Å². The van der Waals surface area contributed by atoms with E-state index in [1.807, 2.05) is 6.92 Å². The van der Waals surface area contributed by atoms with Crippen LogP contribution >= 0.6 is 11.5 Å². The molecule has 2 N–H and O–H groups in total. The van der Waals surface area contributed by atoms with Gasteiger partial charge in [-0.3, -0.25) is 9.59 Å². The molecule has 0 aliphatic heterocycles. The third kappa shape index (κ3) is 3.09. The lowest BCUT2D eigenvalue weighted by atomic mass is 9.95. The van der Waals surface area contributed by atoms with Crippen LogP contribution in [0.15, 0.2) is 0 Å². The Balaban J connectivity index is 2.06. The second-order valence-electron chi connectivity index (χ2n) is 4.93. The van der Waals surface area contributed by atoms with Crippen LogP contribution in [-0.2, 0) is 9.59 Å². The molecule has 1 saturated carbocycles. The number of rotatable bonds is 4. The average Bonchev–Trinajstić information content (AvgIpc) is 2.95. The zero-order chi connectivity index (χ0) is 14.0. The number of hydrogen-bond acceptors (Lipinski definition) is 5. The normalized spacial score (nSPS) is 26.3. The fourth-order valence-electron chi connectivity index (χ4n) is 2.58. The molecule has 3 atom stereocenters. The summed E-state index contributed by atoms with van der Waals surface area (Å²) in [6.45, 7) is 3.77. The van der Waals surface area contributed by atoms with Crippen molar-refractivity contribution in [3.8, 4) is 0 Å². The number of carbonyl (C=O) groups is 2. The van der Waals surface area contributed by atoms with Gasteiger partial charge in [0, 0.05) is 11.5 Å². The van der Waals surface area contributed by atoms with Crippen molar-refractivity contribution in [3.63, 3.8) is 0 Å². The van der Waals surface area contributed by atoms with Crippen LogP contribution in [0.5, 0.6) is 0 Å². The van der Waals surface area contributed by atoms with Crippen LogP contribution in [0.1, 0.15) is 32.0 Å². The van der Waals surface area contributed by atoms with Crippen LogP contribution in [0.25, 0.3) is 0 Å². The molecule has 1 heterocycles. The summed E-state index contributed by atoms with van der Waals surface area (Å²) in [6.07, 6.45) is 2.13. The molecule has 19 heavy (non-hydrogen) atoms. The van der Waals surface area contributed by atoms with E-state index in [2.05, 4.69) is 14.7 Å². The predicted octanol–water partition coefficient (Wildman–Crippen LogP) is 1.92. The SMILES string of the molecule is CCC1CC(C(=O)O)C(C(=O)Nc2nc(C)ns2)C1. The van der Waals surface area contributed by atoms with Crippen molar-refractivity contribution in [2.75, 3.05) is 5.32 Å². The number of nitrogens with zero attached hydrogens (tertiary/aromatic N) is 2. The van der Waals surface area contributed by atoms with Gasteiger partial charge in [0.25, 0.3) is 0 Å². The number of nitrogens with one attached hydrogen (secondary N) is 1. The molecular formula is C12H17N3O3S.